The second-order valence-corrected chi connectivity index (χ2v) is 3.31. The number of hydrazine groups is 1. The Kier molecular flexibility index (Phi) is 3.87. The molecule has 1 rings (SSSR count). The topological polar surface area (TPSA) is 67.1 Å². The number of urea groups is 1. The zero-order valence-corrected chi connectivity index (χ0v) is 7.31. The molecule has 0 heterocycles. The zero-order chi connectivity index (χ0) is 8.81. The number of nitrogens with two attached hydrogens (primary N) is 1. The number of carbonyl (C=O) groups is 1. The van der Waals surface area contributed by atoms with E-state index in [1.54, 1.807) is 0 Å². The van der Waals surface area contributed by atoms with E-state index in [2.05, 4.69) is 10.7 Å². The van der Waals surface area contributed by atoms with E-state index in [9.17, 15) is 4.79 Å². The molecular formula is C8H17N3O. The first-order valence-corrected chi connectivity index (χ1v) is 4.60. The summed E-state index contributed by atoms with van der Waals surface area (Å²) in [6.45, 7) is 0. The summed E-state index contributed by atoms with van der Waals surface area (Å²) in [6, 6.07) is 0.0675. The van der Waals surface area contributed by atoms with E-state index in [-0.39, 0.29) is 6.03 Å². The Morgan fingerprint density at radius 3 is 2.25 bits per heavy atom. The Bertz CT molecular complexity index is 141. The van der Waals surface area contributed by atoms with E-state index in [0.29, 0.717) is 6.04 Å². The highest BCUT2D eigenvalue weighted by atomic mass is 16.2. The van der Waals surface area contributed by atoms with Gasteiger partial charge in [-0.2, -0.15) is 0 Å². The predicted molar refractivity (Wildman–Crippen MR) is 47.3 cm³/mol. The summed E-state index contributed by atoms with van der Waals surface area (Å²) in [5.74, 6) is 4.97. The molecule has 70 valence electrons. The van der Waals surface area contributed by atoms with Gasteiger partial charge in [0.25, 0.3) is 0 Å². The second-order valence-electron chi connectivity index (χ2n) is 3.31. The van der Waals surface area contributed by atoms with E-state index in [1.807, 2.05) is 0 Å². The molecule has 0 saturated heterocycles. The minimum absolute atomic E-state index is 0.262. The normalized spacial score (nSPS) is 19.8. The van der Waals surface area contributed by atoms with Crippen LogP contribution in [-0.4, -0.2) is 12.1 Å². The molecule has 0 radical (unpaired) electrons. The summed E-state index contributed by atoms with van der Waals surface area (Å²) < 4.78 is 0. The fraction of sp³-hybridized carbons (Fsp3) is 0.875. The molecule has 1 saturated carbocycles. The first-order valence-electron chi connectivity index (χ1n) is 4.60. The number of carbonyl (C=O) groups excluding carboxylic acids is 1. The zero-order valence-electron chi connectivity index (χ0n) is 7.31. The van der Waals surface area contributed by atoms with Crippen molar-refractivity contribution in [2.45, 2.75) is 44.6 Å². The standard InChI is InChI=1S/C8H17N3O/c9-11-8(12)10-7-5-3-1-2-4-6-7/h7H,1-6,9H2,(H2,10,11,12). The molecule has 1 aliphatic rings. The molecule has 4 nitrogen and oxygen atoms in total. The van der Waals surface area contributed by atoms with Crippen LogP contribution in [0.25, 0.3) is 0 Å². The summed E-state index contributed by atoms with van der Waals surface area (Å²) in [7, 11) is 0. The molecule has 0 unspecified atom stereocenters. The smallest absolute Gasteiger partial charge is 0.329 e. The Morgan fingerprint density at radius 1 is 1.17 bits per heavy atom. The molecule has 0 aromatic carbocycles. The molecule has 0 atom stereocenters. The summed E-state index contributed by atoms with van der Waals surface area (Å²) in [5, 5.41) is 2.83. The molecule has 0 bridgehead atoms. The largest absolute Gasteiger partial charge is 0.334 e. The van der Waals surface area contributed by atoms with Crippen LogP contribution in [0.15, 0.2) is 0 Å². The predicted octanol–water partition coefficient (Wildman–Crippen LogP) is 0.882. The third-order valence-corrected chi connectivity index (χ3v) is 2.32. The Balaban J connectivity index is 2.24. The van der Waals surface area contributed by atoms with Crippen LogP contribution < -0.4 is 16.6 Å². The maximum Gasteiger partial charge on any atom is 0.329 e. The quantitative estimate of drug-likeness (QED) is 0.237. The minimum atomic E-state index is -0.262. The van der Waals surface area contributed by atoms with Crippen molar-refractivity contribution in [2.24, 2.45) is 5.84 Å². The summed E-state index contributed by atoms with van der Waals surface area (Å²) in [6.07, 6.45) is 7.21. The van der Waals surface area contributed by atoms with Crippen LogP contribution in [0.3, 0.4) is 0 Å². The number of amides is 2. The van der Waals surface area contributed by atoms with Gasteiger partial charge >= 0.3 is 6.03 Å². The average Bonchev–Trinajstić information content (AvgIpc) is 2.33. The Labute approximate surface area is 72.9 Å². The molecule has 2 amide bonds. The number of hydrogen-bond acceptors (Lipinski definition) is 2. The summed E-state index contributed by atoms with van der Waals surface area (Å²) in [5.41, 5.74) is 2.08. The van der Waals surface area contributed by atoms with Crippen molar-refractivity contribution >= 4 is 6.03 Å². The lowest BCUT2D eigenvalue weighted by Crippen LogP contribution is -2.44. The molecule has 4 N–H and O–H groups in total. The van der Waals surface area contributed by atoms with E-state index in [4.69, 9.17) is 5.84 Å². The van der Waals surface area contributed by atoms with E-state index < -0.39 is 0 Å². The van der Waals surface area contributed by atoms with E-state index in [1.165, 1.54) is 25.7 Å². The van der Waals surface area contributed by atoms with Gasteiger partial charge in [-0.3, -0.25) is 5.43 Å². The van der Waals surface area contributed by atoms with Crippen molar-refractivity contribution in [1.29, 1.82) is 0 Å². The summed E-state index contributed by atoms with van der Waals surface area (Å²) >= 11 is 0. The van der Waals surface area contributed by atoms with Gasteiger partial charge in [0, 0.05) is 6.04 Å². The first kappa shape index (κ1) is 9.32. The molecule has 0 aromatic rings. The number of nitrogens with one attached hydrogen (secondary N) is 2. The van der Waals surface area contributed by atoms with Crippen LogP contribution in [0.4, 0.5) is 4.79 Å². The van der Waals surface area contributed by atoms with Crippen molar-refractivity contribution < 1.29 is 4.79 Å². The van der Waals surface area contributed by atoms with Crippen LogP contribution in [0.1, 0.15) is 38.5 Å². The Morgan fingerprint density at radius 2 is 1.75 bits per heavy atom. The third kappa shape index (κ3) is 3.09. The lowest BCUT2D eigenvalue weighted by molar-refractivity contribution is 0.236. The second kappa shape index (κ2) is 4.98. The minimum Gasteiger partial charge on any atom is -0.334 e. The number of hydrogen-bond donors (Lipinski definition) is 3. The van der Waals surface area contributed by atoms with Gasteiger partial charge in [-0.1, -0.05) is 25.7 Å². The highest BCUT2D eigenvalue weighted by Crippen LogP contribution is 2.16. The number of rotatable bonds is 1. The monoisotopic (exact) mass is 171 g/mol. The van der Waals surface area contributed by atoms with Crippen LogP contribution in [0.2, 0.25) is 0 Å². The highest BCUT2D eigenvalue weighted by Gasteiger charge is 2.13. The maximum atomic E-state index is 10.8. The molecule has 1 fully saturated rings. The fourth-order valence-electron chi connectivity index (χ4n) is 1.65. The molecule has 0 spiro atoms. The van der Waals surface area contributed by atoms with E-state index >= 15 is 0 Å². The molecular weight excluding hydrogens is 154 g/mol. The van der Waals surface area contributed by atoms with Crippen LogP contribution in [0, 0.1) is 0 Å². The third-order valence-electron chi connectivity index (χ3n) is 2.32. The van der Waals surface area contributed by atoms with Gasteiger partial charge in [0.1, 0.15) is 0 Å². The van der Waals surface area contributed by atoms with Gasteiger partial charge in [0.05, 0.1) is 0 Å². The molecule has 12 heavy (non-hydrogen) atoms. The van der Waals surface area contributed by atoms with Crippen molar-refractivity contribution in [3.8, 4) is 0 Å². The summed E-state index contributed by atoms with van der Waals surface area (Å²) in [4.78, 5) is 10.8. The van der Waals surface area contributed by atoms with Gasteiger partial charge in [-0.05, 0) is 12.8 Å². The molecule has 4 heteroatoms. The van der Waals surface area contributed by atoms with Crippen molar-refractivity contribution in [1.82, 2.24) is 10.7 Å². The van der Waals surface area contributed by atoms with Crippen molar-refractivity contribution in [3.05, 3.63) is 0 Å². The van der Waals surface area contributed by atoms with Gasteiger partial charge in [0.2, 0.25) is 0 Å². The van der Waals surface area contributed by atoms with Crippen LogP contribution in [-0.2, 0) is 0 Å². The van der Waals surface area contributed by atoms with Gasteiger partial charge in [0.15, 0.2) is 0 Å². The van der Waals surface area contributed by atoms with Crippen molar-refractivity contribution in [2.75, 3.05) is 0 Å². The highest BCUT2D eigenvalue weighted by molar-refractivity contribution is 5.73. The lowest BCUT2D eigenvalue weighted by atomic mass is 10.1. The first-order chi connectivity index (χ1) is 5.83. The lowest BCUT2D eigenvalue weighted by Gasteiger charge is -2.14. The van der Waals surface area contributed by atoms with Gasteiger partial charge < -0.3 is 5.32 Å². The van der Waals surface area contributed by atoms with Crippen LogP contribution in [0.5, 0.6) is 0 Å². The van der Waals surface area contributed by atoms with Crippen molar-refractivity contribution in [3.63, 3.8) is 0 Å². The van der Waals surface area contributed by atoms with Crippen LogP contribution >= 0.6 is 0 Å². The molecule has 1 aliphatic carbocycles. The molecule has 0 aromatic heterocycles. The Hall–Kier alpha value is -0.770. The fourth-order valence-corrected chi connectivity index (χ4v) is 1.65. The average molecular weight is 171 g/mol. The van der Waals surface area contributed by atoms with Gasteiger partial charge in [-0.15, -0.1) is 0 Å². The van der Waals surface area contributed by atoms with Gasteiger partial charge in [-0.25, -0.2) is 10.6 Å². The van der Waals surface area contributed by atoms with E-state index in [0.717, 1.165) is 12.8 Å². The maximum absolute atomic E-state index is 10.8. The SMILES string of the molecule is NNC(=O)NC1CCCCCC1. The molecule has 0 aliphatic heterocycles.